The lowest BCUT2D eigenvalue weighted by atomic mass is 9.88. The number of allylic oxidation sites excluding steroid dienone is 10. The van der Waals surface area contributed by atoms with Gasteiger partial charge in [-0.05, 0) is 122 Å². The minimum atomic E-state index is -0.643. The smallest absolute Gasteiger partial charge is 0.128 e. The lowest BCUT2D eigenvalue weighted by molar-refractivity contribution is 0.301. The van der Waals surface area contributed by atoms with Gasteiger partial charge in [-0.2, -0.15) is 0 Å². The van der Waals surface area contributed by atoms with Crippen LogP contribution in [0.4, 0.5) is 0 Å². The first-order valence-corrected chi connectivity index (χ1v) is 15.6. The number of benzene rings is 2. The van der Waals surface area contributed by atoms with Gasteiger partial charge >= 0.3 is 0 Å². The highest BCUT2D eigenvalue weighted by Crippen LogP contribution is 2.44. The lowest BCUT2D eigenvalue weighted by Gasteiger charge is -2.19. The Labute approximate surface area is 266 Å². The van der Waals surface area contributed by atoms with E-state index in [-0.39, 0.29) is 5.76 Å². The fourth-order valence-corrected chi connectivity index (χ4v) is 6.92. The van der Waals surface area contributed by atoms with Crippen molar-refractivity contribution in [1.82, 2.24) is 5.32 Å². The van der Waals surface area contributed by atoms with Crippen LogP contribution in [0, 0.1) is 33.1 Å². The standard InChI is InChI=1S/C38H33BrN4O/c1-20-7-9-24(10-8-20)33-26-12-11-25(40-26)19-31-38(5,6)37(44)36(43-31)35(39)30-16-15-29(42-30)34(28-14-13-27(33)41-28)32-22(3)17-21(2)18-23(32)4/h7-19,43-44H,1-6H3. The monoisotopic (exact) mass is 640 g/mol. The molecule has 0 spiro atoms. The van der Waals surface area contributed by atoms with Crippen molar-refractivity contribution in [3.8, 4) is 0 Å². The van der Waals surface area contributed by atoms with Crippen molar-refractivity contribution in [3.63, 3.8) is 0 Å². The third kappa shape index (κ3) is 4.56. The number of aliphatic hydroxyl groups is 1. The second kappa shape index (κ2) is 10.3. The molecule has 5 heterocycles. The van der Waals surface area contributed by atoms with Crippen molar-refractivity contribution < 1.29 is 5.11 Å². The molecule has 0 aliphatic carbocycles. The molecule has 0 fully saturated rings. The van der Waals surface area contributed by atoms with Crippen LogP contribution in [0.2, 0.25) is 0 Å². The minimum Gasteiger partial charge on any atom is -0.509 e. The number of aliphatic imine (C=N–C) groups is 3. The topological polar surface area (TPSA) is 69.3 Å². The van der Waals surface area contributed by atoms with Gasteiger partial charge in [0, 0.05) is 16.8 Å². The fraction of sp³-hybridized carbons (Fsp3) is 0.184. The number of rotatable bonds is 2. The van der Waals surface area contributed by atoms with E-state index in [1.54, 1.807) is 0 Å². The van der Waals surface area contributed by atoms with Crippen LogP contribution in [-0.2, 0) is 0 Å². The number of hydrogen-bond acceptors (Lipinski definition) is 5. The van der Waals surface area contributed by atoms with Gasteiger partial charge in [-0.15, -0.1) is 0 Å². The number of hydrogen-bond donors (Lipinski definition) is 2. The van der Waals surface area contributed by atoms with Gasteiger partial charge in [-0.3, -0.25) is 0 Å². The Kier molecular flexibility index (Phi) is 6.59. The minimum absolute atomic E-state index is 0.250. The molecule has 218 valence electrons. The molecular weight excluding hydrogens is 608 g/mol. The molecule has 5 nitrogen and oxygen atoms in total. The Morgan fingerprint density at radius 2 is 1.30 bits per heavy atom. The highest BCUT2D eigenvalue weighted by atomic mass is 79.9. The fourth-order valence-electron chi connectivity index (χ4n) is 6.41. The summed E-state index contributed by atoms with van der Waals surface area (Å²) in [5.41, 5.74) is 14.6. The van der Waals surface area contributed by atoms with Gasteiger partial charge in [0.2, 0.25) is 0 Å². The third-order valence-electron chi connectivity index (χ3n) is 8.73. The summed E-state index contributed by atoms with van der Waals surface area (Å²) >= 11 is 3.78. The molecule has 7 rings (SSSR count). The first-order chi connectivity index (χ1) is 21.0. The first-order valence-electron chi connectivity index (χ1n) is 14.8. The van der Waals surface area contributed by atoms with E-state index in [0.717, 1.165) is 62.2 Å². The van der Waals surface area contributed by atoms with Gasteiger partial charge in [0.15, 0.2) is 0 Å². The summed E-state index contributed by atoms with van der Waals surface area (Å²) in [6.07, 6.45) is 14.3. The molecule has 2 N–H and O–H groups in total. The molecule has 0 atom stereocenters. The van der Waals surface area contributed by atoms with E-state index in [0.29, 0.717) is 10.2 Å². The van der Waals surface area contributed by atoms with Crippen LogP contribution in [0.1, 0.15) is 47.2 Å². The van der Waals surface area contributed by atoms with Crippen LogP contribution in [-0.4, -0.2) is 22.2 Å². The molecule has 6 heteroatoms. The van der Waals surface area contributed by atoms with Gasteiger partial charge in [0.25, 0.3) is 0 Å². The summed E-state index contributed by atoms with van der Waals surface area (Å²) in [6, 6.07) is 12.9. The maximum absolute atomic E-state index is 11.4. The van der Waals surface area contributed by atoms with E-state index in [4.69, 9.17) is 15.0 Å². The van der Waals surface area contributed by atoms with E-state index >= 15 is 0 Å². The summed E-state index contributed by atoms with van der Waals surface area (Å²) in [6.45, 7) is 12.5. The van der Waals surface area contributed by atoms with Crippen molar-refractivity contribution in [2.75, 3.05) is 0 Å². The Balaban J connectivity index is 1.56. The maximum Gasteiger partial charge on any atom is 0.128 e. The second-order valence-corrected chi connectivity index (χ2v) is 13.2. The van der Waals surface area contributed by atoms with Crippen LogP contribution in [0.15, 0.2) is 133 Å². The van der Waals surface area contributed by atoms with E-state index in [1.807, 2.05) is 38.2 Å². The van der Waals surface area contributed by atoms with E-state index in [9.17, 15) is 5.11 Å². The SMILES string of the molecule is Cc1ccc(C2=C3C=CC(=N3)C=C3NC(=C(O)C3(C)C)C(Br)=C3C=CC(=N3)C(c3c(C)cc(C)cc3C)=C3C=CC2=N3)cc1. The van der Waals surface area contributed by atoms with Crippen LogP contribution in [0.5, 0.6) is 0 Å². The molecule has 2 aromatic carbocycles. The molecule has 8 bridgehead atoms. The Hall–Kier alpha value is -4.55. The zero-order valence-electron chi connectivity index (χ0n) is 25.7. The Morgan fingerprint density at radius 1 is 0.705 bits per heavy atom. The van der Waals surface area contributed by atoms with Crippen LogP contribution < -0.4 is 5.32 Å². The number of aryl methyl sites for hydroxylation is 4. The Morgan fingerprint density at radius 3 is 2.00 bits per heavy atom. The Bertz CT molecular complexity index is 2010. The number of halogens is 1. The molecule has 5 aliphatic rings. The third-order valence-corrected chi connectivity index (χ3v) is 9.53. The molecule has 0 saturated carbocycles. The van der Waals surface area contributed by atoms with Gasteiger partial charge in [0.05, 0.1) is 49.8 Å². The molecular formula is C38H33BrN4O. The van der Waals surface area contributed by atoms with Gasteiger partial charge in [0.1, 0.15) is 5.76 Å². The van der Waals surface area contributed by atoms with Crippen molar-refractivity contribution in [1.29, 1.82) is 0 Å². The van der Waals surface area contributed by atoms with Gasteiger partial charge < -0.3 is 10.4 Å². The van der Waals surface area contributed by atoms with Gasteiger partial charge in [-0.25, -0.2) is 15.0 Å². The number of aliphatic hydroxyl groups excluding tert-OH is 1. The molecule has 0 saturated heterocycles. The summed E-state index contributed by atoms with van der Waals surface area (Å²) < 4.78 is 0.698. The van der Waals surface area contributed by atoms with Crippen molar-refractivity contribution in [2.24, 2.45) is 20.4 Å². The molecule has 5 aliphatic heterocycles. The number of nitrogens with one attached hydrogen (secondary N) is 1. The van der Waals surface area contributed by atoms with Crippen molar-refractivity contribution >= 4 is 44.2 Å². The van der Waals surface area contributed by atoms with Gasteiger partial charge in [-0.1, -0.05) is 47.5 Å². The summed E-state index contributed by atoms with van der Waals surface area (Å²) in [7, 11) is 0. The predicted molar refractivity (Wildman–Crippen MR) is 186 cm³/mol. The van der Waals surface area contributed by atoms with E-state index < -0.39 is 5.41 Å². The van der Waals surface area contributed by atoms with Crippen LogP contribution in [0.25, 0.3) is 11.1 Å². The molecule has 2 aromatic rings. The molecule has 0 unspecified atom stereocenters. The van der Waals surface area contributed by atoms with E-state index in [2.05, 4.69) is 104 Å². The molecule has 0 radical (unpaired) electrons. The number of nitrogens with zero attached hydrogens (tertiary/aromatic N) is 3. The quantitative estimate of drug-likeness (QED) is 0.344. The molecule has 0 amide bonds. The maximum atomic E-state index is 11.4. The normalized spacial score (nSPS) is 20.1. The summed E-state index contributed by atoms with van der Waals surface area (Å²) in [5.74, 6) is 0.250. The second-order valence-electron chi connectivity index (χ2n) is 12.4. The first kappa shape index (κ1) is 28.2. The highest BCUT2D eigenvalue weighted by Gasteiger charge is 2.39. The van der Waals surface area contributed by atoms with Crippen LogP contribution in [0.3, 0.4) is 0 Å². The van der Waals surface area contributed by atoms with Crippen LogP contribution >= 0.6 is 15.9 Å². The predicted octanol–water partition coefficient (Wildman–Crippen LogP) is 8.98. The van der Waals surface area contributed by atoms with E-state index in [1.165, 1.54) is 22.3 Å². The number of fused-ring (bicyclic) bond motifs is 5. The summed E-state index contributed by atoms with van der Waals surface area (Å²) in [5, 5.41) is 14.9. The summed E-state index contributed by atoms with van der Waals surface area (Å²) in [4.78, 5) is 15.5. The largest absolute Gasteiger partial charge is 0.509 e. The zero-order valence-corrected chi connectivity index (χ0v) is 27.3. The zero-order chi connectivity index (χ0) is 30.9. The van der Waals surface area contributed by atoms with Crippen molar-refractivity contribution in [3.05, 3.63) is 151 Å². The lowest BCUT2D eigenvalue weighted by Crippen LogP contribution is -2.19. The molecule has 44 heavy (non-hydrogen) atoms. The average molecular weight is 642 g/mol. The van der Waals surface area contributed by atoms with Crippen molar-refractivity contribution in [2.45, 2.75) is 41.5 Å². The molecule has 0 aromatic heterocycles. The average Bonchev–Trinajstić information content (AvgIpc) is 3.77. The highest BCUT2D eigenvalue weighted by molar-refractivity contribution is 9.12.